The zero-order chi connectivity index (χ0) is 17.1. The summed E-state index contributed by atoms with van der Waals surface area (Å²) in [4.78, 5) is 22.6. The van der Waals surface area contributed by atoms with E-state index in [-0.39, 0.29) is 0 Å². The number of aliphatic carboxylic acids is 1. The van der Waals surface area contributed by atoms with Crippen LogP contribution in [0.25, 0.3) is 0 Å². The van der Waals surface area contributed by atoms with Gasteiger partial charge in [-0.2, -0.15) is 0 Å². The lowest BCUT2D eigenvalue weighted by atomic mass is 9.88. The van der Waals surface area contributed by atoms with Crippen LogP contribution in [0.5, 0.6) is 0 Å². The summed E-state index contributed by atoms with van der Waals surface area (Å²) in [5, 5.41) is 50.1. The Balaban J connectivity index is 3.14. The van der Waals surface area contributed by atoms with E-state index in [1.807, 2.05) is 0 Å². The molecule has 0 aromatic rings. The molecule has 0 aromatic carbocycles. The normalized spacial score (nSPS) is 34.7. The van der Waals surface area contributed by atoms with Crippen molar-refractivity contribution in [2.45, 2.75) is 49.6 Å². The van der Waals surface area contributed by atoms with Crippen LogP contribution in [0.2, 0.25) is 0 Å². The van der Waals surface area contributed by atoms with Crippen molar-refractivity contribution in [2.24, 2.45) is 0 Å². The van der Waals surface area contributed by atoms with Gasteiger partial charge in [-0.1, -0.05) is 0 Å². The van der Waals surface area contributed by atoms with Gasteiger partial charge in [0, 0.05) is 20.5 Å². The Kier molecular flexibility index (Phi) is 6.23. The quantitative estimate of drug-likeness (QED) is 0.295. The Hall–Kier alpha value is -1.30. The topological polar surface area (TPSA) is 166 Å². The molecule has 0 radical (unpaired) electrons. The van der Waals surface area contributed by atoms with E-state index in [9.17, 15) is 30.0 Å². The molecule has 22 heavy (non-hydrogen) atoms. The molecular formula is C12H21NO9. The third-order valence-corrected chi connectivity index (χ3v) is 3.52. The second kappa shape index (κ2) is 7.31. The lowest BCUT2D eigenvalue weighted by molar-refractivity contribution is -0.303. The van der Waals surface area contributed by atoms with E-state index in [1.165, 1.54) is 0 Å². The molecule has 1 saturated heterocycles. The van der Waals surface area contributed by atoms with Crippen LogP contribution < -0.4 is 5.32 Å². The standard InChI is InChI=1S/C12H21NO9/c1-5(15)13-8-6(16)3-12(21-2,11(19)20)22-10(8)9(18)7(17)4-14/h6-10,14,16-18H,3-4H2,1-2H3,(H,13,15)(H,19,20)/t6-,7+,8-,9+,10+,12-/m0/s1. The van der Waals surface area contributed by atoms with Gasteiger partial charge in [0.2, 0.25) is 5.91 Å². The maximum absolute atomic E-state index is 11.3. The van der Waals surface area contributed by atoms with Gasteiger partial charge in [-0.05, 0) is 0 Å². The Morgan fingerprint density at radius 2 is 2.05 bits per heavy atom. The number of aliphatic hydroxyl groups excluding tert-OH is 4. The first-order valence-electron chi connectivity index (χ1n) is 6.57. The molecule has 1 aliphatic heterocycles. The Bertz CT molecular complexity index is 417. The van der Waals surface area contributed by atoms with Crippen molar-refractivity contribution in [3.8, 4) is 0 Å². The van der Waals surface area contributed by atoms with Crippen LogP contribution in [0.1, 0.15) is 13.3 Å². The predicted octanol–water partition coefficient (Wildman–Crippen LogP) is -3.22. The first-order valence-corrected chi connectivity index (χ1v) is 6.57. The second-order valence-corrected chi connectivity index (χ2v) is 5.08. The van der Waals surface area contributed by atoms with Crippen molar-refractivity contribution in [3.63, 3.8) is 0 Å². The number of rotatable bonds is 6. The van der Waals surface area contributed by atoms with E-state index in [0.717, 1.165) is 14.0 Å². The molecule has 1 aliphatic rings. The van der Waals surface area contributed by atoms with Crippen molar-refractivity contribution >= 4 is 11.9 Å². The molecule has 1 amide bonds. The molecule has 1 rings (SSSR count). The highest BCUT2D eigenvalue weighted by atomic mass is 16.7. The highest BCUT2D eigenvalue weighted by molar-refractivity contribution is 5.76. The van der Waals surface area contributed by atoms with Crippen LogP contribution in [-0.2, 0) is 19.1 Å². The van der Waals surface area contributed by atoms with Gasteiger partial charge in [-0.3, -0.25) is 4.79 Å². The molecule has 1 heterocycles. The molecule has 6 atom stereocenters. The number of nitrogens with one attached hydrogen (secondary N) is 1. The number of carbonyl (C=O) groups excluding carboxylic acids is 1. The van der Waals surface area contributed by atoms with Crippen LogP contribution in [0, 0.1) is 0 Å². The summed E-state index contributed by atoms with van der Waals surface area (Å²) in [5.74, 6) is -4.33. The average Bonchev–Trinajstić information content (AvgIpc) is 2.46. The molecule has 0 aromatic heterocycles. The van der Waals surface area contributed by atoms with E-state index < -0.39 is 61.1 Å². The van der Waals surface area contributed by atoms with Crippen LogP contribution >= 0.6 is 0 Å². The molecule has 0 bridgehead atoms. The van der Waals surface area contributed by atoms with Crippen LogP contribution in [0.3, 0.4) is 0 Å². The summed E-state index contributed by atoms with van der Waals surface area (Å²) < 4.78 is 10.0. The molecule has 10 nitrogen and oxygen atoms in total. The van der Waals surface area contributed by atoms with Gasteiger partial charge in [0.15, 0.2) is 0 Å². The van der Waals surface area contributed by atoms with Gasteiger partial charge in [0.25, 0.3) is 5.79 Å². The van der Waals surface area contributed by atoms with E-state index in [4.69, 9.17) is 14.6 Å². The minimum absolute atomic E-state index is 0.498. The Morgan fingerprint density at radius 1 is 1.45 bits per heavy atom. The minimum Gasteiger partial charge on any atom is -0.477 e. The number of carboxylic acid groups (broad SMARTS) is 1. The van der Waals surface area contributed by atoms with Gasteiger partial charge >= 0.3 is 5.97 Å². The number of hydrogen-bond donors (Lipinski definition) is 6. The van der Waals surface area contributed by atoms with E-state index in [2.05, 4.69) is 5.32 Å². The lowest BCUT2D eigenvalue weighted by Gasteiger charge is -2.46. The van der Waals surface area contributed by atoms with Gasteiger partial charge < -0.3 is 40.3 Å². The molecule has 0 unspecified atom stereocenters. The largest absolute Gasteiger partial charge is 0.477 e. The Morgan fingerprint density at radius 3 is 2.45 bits per heavy atom. The molecule has 6 N–H and O–H groups in total. The summed E-state index contributed by atoms with van der Waals surface area (Å²) in [7, 11) is 1.05. The maximum atomic E-state index is 11.3. The fraction of sp³-hybridized carbons (Fsp3) is 0.833. The summed E-state index contributed by atoms with van der Waals surface area (Å²) in [6.45, 7) is 0.338. The zero-order valence-electron chi connectivity index (χ0n) is 12.2. The van der Waals surface area contributed by atoms with Crippen molar-refractivity contribution in [1.82, 2.24) is 5.32 Å². The highest BCUT2D eigenvalue weighted by Gasteiger charge is 2.55. The van der Waals surface area contributed by atoms with Gasteiger partial charge in [-0.25, -0.2) is 4.79 Å². The van der Waals surface area contributed by atoms with Gasteiger partial charge in [0.05, 0.1) is 18.8 Å². The second-order valence-electron chi connectivity index (χ2n) is 5.08. The zero-order valence-corrected chi connectivity index (χ0v) is 12.2. The van der Waals surface area contributed by atoms with Crippen LogP contribution in [0.15, 0.2) is 0 Å². The number of carboxylic acids is 1. The molecule has 0 spiro atoms. The molecule has 128 valence electrons. The van der Waals surface area contributed by atoms with Gasteiger partial charge in [-0.15, -0.1) is 0 Å². The predicted molar refractivity (Wildman–Crippen MR) is 69.6 cm³/mol. The van der Waals surface area contributed by atoms with Crippen LogP contribution in [-0.4, -0.2) is 87.4 Å². The highest BCUT2D eigenvalue weighted by Crippen LogP contribution is 2.32. The van der Waals surface area contributed by atoms with Crippen molar-refractivity contribution in [2.75, 3.05) is 13.7 Å². The number of ether oxygens (including phenoxy) is 2. The molecule has 0 aliphatic carbocycles. The molecular weight excluding hydrogens is 302 g/mol. The molecule has 10 heteroatoms. The minimum atomic E-state index is -2.24. The first-order chi connectivity index (χ1) is 10.2. The molecule has 0 saturated carbocycles. The summed E-state index contributed by atoms with van der Waals surface area (Å²) in [5.41, 5.74) is 0. The van der Waals surface area contributed by atoms with E-state index >= 15 is 0 Å². The van der Waals surface area contributed by atoms with Gasteiger partial charge in [0.1, 0.15) is 18.3 Å². The fourth-order valence-corrected chi connectivity index (χ4v) is 2.34. The molecule has 1 fully saturated rings. The Labute approximate surface area is 126 Å². The summed E-state index contributed by atoms with van der Waals surface area (Å²) >= 11 is 0. The SMILES string of the molecule is CO[C@@]1(C(=O)O)C[C@H](O)[C@H](NC(C)=O)[C@H]([C@H](O)[C@H](O)CO)O1. The van der Waals surface area contributed by atoms with Crippen LogP contribution in [0.4, 0.5) is 0 Å². The lowest BCUT2D eigenvalue weighted by Crippen LogP contribution is -2.67. The van der Waals surface area contributed by atoms with E-state index in [0.29, 0.717) is 0 Å². The van der Waals surface area contributed by atoms with Crippen molar-refractivity contribution < 1.29 is 44.6 Å². The summed E-state index contributed by atoms with van der Waals surface area (Å²) in [6, 6.07) is -1.18. The van der Waals surface area contributed by atoms with Crippen molar-refractivity contribution in [3.05, 3.63) is 0 Å². The number of amides is 1. The first kappa shape index (κ1) is 18.7. The number of aliphatic hydroxyl groups is 4. The third kappa shape index (κ3) is 3.72. The number of carbonyl (C=O) groups is 2. The summed E-state index contributed by atoms with van der Waals surface area (Å²) in [6.07, 6.45) is -6.84. The number of hydrogen-bond acceptors (Lipinski definition) is 8. The number of methoxy groups -OCH3 is 1. The maximum Gasteiger partial charge on any atom is 0.364 e. The third-order valence-electron chi connectivity index (χ3n) is 3.52. The van der Waals surface area contributed by atoms with Crippen molar-refractivity contribution in [1.29, 1.82) is 0 Å². The monoisotopic (exact) mass is 323 g/mol. The van der Waals surface area contributed by atoms with E-state index in [1.54, 1.807) is 0 Å². The fourth-order valence-electron chi connectivity index (χ4n) is 2.34. The smallest absolute Gasteiger partial charge is 0.364 e. The average molecular weight is 323 g/mol.